The molecule has 3 N–H and O–H groups in total. The van der Waals surface area contributed by atoms with Crippen LogP contribution in [-0.4, -0.2) is 45.4 Å². The van der Waals surface area contributed by atoms with E-state index in [1.54, 1.807) is 12.1 Å². The second-order valence-electron chi connectivity index (χ2n) is 7.57. The highest BCUT2D eigenvalue weighted by Crippen LogP contribution is 2.32. The van der Waals surface area contributed by atoms with Crippen molar-refractivity contribution in [2.45, 2.75) is 13.5 Å². The van der Waals surface area contributed by atoms with Gasteiger partial charge in [-0.05, 0) is 42.8 Å². The molecule has 0 unspecified atom stereocenters. The third-order valence-corrected chi connectivity index (χ3v) is 5.36. The average molecular weight is 387 g/mol. The van der Waals surface area contributed by atoms with E-state index in [1.807, 2.05) is 13.0 Å². The number of nitrogens with one attached hydrogen (secondary N) is 3. The molecule has 2 heterocycles. The summed E-state index contributed by atoms with van der Waals surface area (Å²) in [6.07, 6.45) is 0. The smallest absolute Gasteiger partial charge is 0.279 e. The molecule has 28 heavy (non-hydrogen) atoms. The van der Waals surface area contributed by atoms with Crippen molar-refractivity contribution < 1.29 is 28.5 Å². The number of hydrogen-bond donors (Lipinski definition) is 3. The van der Waals surface area contributed by atoms with Gasteiger partial charge in [-0.25, -0.2) is 4.39 Å². The third kappa shape index (κ3) is 4.43. The summed E-state index contributed by atoms with van der Waals surface area (Å²) in [4.78, 5) is 15.0. The highest BCUT2D eigenvalue weighted by atomic mass is 19.1. The van der Waals surface area contributed by atoms with Gasteiger partial charge in [0.2, 0.25) is 6.79 Å². The molecule has 4 rings (SSSR count). The zero-order valence-electron chi connectivity index (χ0n) is 16.0. The molecule has 0 bridgehead atoms. The lowest BCUT2D eigenvalue weighted by molar-refractivity contribution is -1.02. The zero-order valence-corrected chi connectivity index (χ0v) is 16.0. The van der Waals surface area contributed by atoms with Gasteiger partial charge in [0.25, 0.3) is 5.91 Å². The van der Waals surface area contributed by atoms with Crippen LogP contribution in [0.1, 0.15) is 11.1 Å². The van der Waals surface area contributed by atoms with Gasteiger partial charge in [0.05, 0.1) is 5.69 Å². The molecule has 0 spiro atoms. The van der Waals surface area contributed by atoms with Crippen LogP contribution < -0.4 is 24.6 Å². The van der Waals surface area contributed by atoms with E-state index < -0.39 is 0 Å². The largest absolute Gasteiger partial charge is 0.454 e. The van der Waals surface area contributed by atoms with Gasteiger partial charge in [0.15, 0.2) is 18.0 Å². The Morgan fingerprint density at radius 2 is 1.79 bits per heavy atom. The first kappa shape index (κ1) is 18.7. The molecule has 0 aromatic heterocycles. The highest BCUT2D eigenvalue weighted by molar-refractivity contribution is 5.91. The quantitative estimate of drug-likeness (QED) is 0.665. The van der Waals surface area contributed by atoms with Crippen LogP contribution in [-0.2, 0) is 11.3 Å². The molecule has 7 heteroatoms. The van der Waals surface area contributed by atoms with Crippen LogP contribution in [0, 0.1) is 12.7 Å². The molecular weight excluding hydrogens is 361 g/mol. The maximum atomic E-state index is 13.9. The van der Waals surface area contributed by atoms with Gasteiger partial charge < -0.3 is 24.6 Å². The molecule has 148 valence electrons. The Bertz CT molecular complexity index is 866. The number of aryl methyl sites for hydroxylation is 1. The first-order chi connectivity index (χ1) is 13.6. The van der Waals surface area contributed by atoms with Crippen molar-refractivity contribution in [3.63, 3.8) is 0 Å². The monoisotopic (exact) mass is 387 g/mol. The number of rotatable bonds is 5. The van der Waals surface area contributed by atoms with Crippen LogP contribution in [0.2, 0.25) is 0 Å². The molecule has 1 fully saturated rings. The number of carbonyl (C=O) groups is 1. The normalized spacial score (nSPS) is 20.8. The van der Waals surface area contributed by atoms with Gasteiger partial charge in [-0.15, -0.1) is 0 Å². The summed E-state index contributed by atoms with van der Waals surface area (Å²) in [5.41, 5.74) is 2.32. The lowest BCUT2D eigenvalue weighted by Gasteiger charge is -2.29. The van der Waals surface area contributed by atoms with E-state index in [-0.39, 0.29) is 17.4 Å². The van der Waals surface area contributed by atoms with Crippen molar-refractivity contribution >= 4 is 11.6 Å². The van der Waals surface area contributed by atoms with Crippen molar-refractivity contribution in [1.82, 2.24) is 0 Å². The number of fused-ring (bicyclic) bond motifs is 1. The fraction of sp³-hybridized carbons (Fsp3) is 0.381. The average Bonchev–Trinajstić information content (AvgIpc) is 3.13. The Morgan fingerprint density at radius 1 is 1.04 bits per heavy atom. The van der Waals surface area contributed by atoms with Crippen molar-refractivity contribution in [3.05, 3.63) is 53.3 Å². The highest BCUT2D eigenvalue weighted by Gasteiger charge is 2.25. The van der Waals surface area contributed by atoms with Crippen LogP contribution in [0.25, 0.3) is 0 Å². The maximum absolute atomic E-state index is 13.9. The Balaban J connectivity index is 1.24. The summed E-state index contributed by atoms with van der Waals surface area (Å²) in [5, 5.41) is 2.69. The molecule has 2 aromatic rings. The number of ether oxygens (including phenoxy) is 2. The first-order valence-electron chi connectivity index (χ1n) is 9.68. The van der Waals surface area contributed by atoms with Crippen LogP contribution in [0.3, 0.4) is 0 Å². The fourth-order valence-electron chi connectivity index (χ4n) is 3.79. The second kappa shape index (κ2) is 8.16. The lowest BCUT2D eigenvalue weighted by Crippen LogP contribution is -3.28. The number of carbonyl (C=O) groups excluding carboxylic acids is 1. The molecule has 0 atom stereocenters. The number of hydrogen-bond acceptors (Lipinski definition) is 3. The lowest BCUT2D eigenvalue weighted by atomic mass is 10.1. The van der Waals surface area contributed by atoms with Gasteiger partial charge in [0.1, 0.15) is 38.5 Å². The van der Waals surface area contributed by atoms with E-state index >= 15 is 0 Å². The number of amides is 1. The number of halogens is 1. The van der Waals surface area contributed by atoms with Gasteiger partial charge >= 0.3 is 0 Å². The Labute approximate surface area is 163 Å². The third-order valence-electron chi connectivity index (χ3n) is 5.36. The predicted molar refractivity (Wildman–Crippen MR) is 102 cm³/mol. The second-order valence-corrected chi connectivity index (χ2v) is 7.57. The van der Waals surface area contributed by atoms with Crippen LogP contribution in [0.4, 0.5) is 10.1 Å². The molecule has 0 aliphatic carbocycles. The molecule has 2 aromatic carbocycles. The van der Waals surface area contributed by atoms with Crippen molar-refractivity contribution in [2.24, 2.45) is 0 Å². The number of anilines is 1. The van der Waals surface area contributed by atoms with Gasteiger partial charge in [-0.1, -0.05) is 6.07 Å². The molecule has 2 aliphatic heterocycles. The zero-order chi connectivity index (χ0) is 19.5. The summed E-state index contributed by atoms with van der Waals surface area (Å²) < 4.78 is 24.7. The van der Waals surface area contributed by atoms with Crippen molar-refractivity contribution in [3.8, 4) is 11.5 Å². The first-order valence-corrected chi connectivity index (χ1v) is 9.68. The van der Waals surface area contributed by atoms with E-state index in [0.29, 0.717) is 13.3 Å². The minimum Gasteiger partial charge on any atom is -0.454 e. The summed E-state index contributed by atoms with van der Waals surface area (Å²) in [7, 11) is 0. The topological polar surface area (TPSA) is 56.4 Å². The standard InChI is InChI=1S/C21H24FN3O3/c1-15-2-4-18(17(22)10-15)23-21(26)13-25-8-6-24(7-9-25)12-16-3-5-19-20(11-16)28-14-27-19/h2-5,10-11H,6-9,12-14H2,1H3,(H,23,26)/p+2. The van der Waals surface area contributed by atoms with E-state index in [1.165, 1.54) is 21.4 Å². The molecule has 6 nitrogen and oxygen atoms in total. The minimum absolute atomic E-state index is 0.142. The Morgan fingerprint density at radius 3 is 2.57 bits per heavy atom. The molecule has 2 aliphatic rings. The van der Waals surface area contributed by atoms with E-state index in [9.17, 15) is 9.18 Å². The van der Waals surface area contributed by atoms with Crippen LogP contribution in [0.5, 0.6) is 11.5 Å². The minimum atomic E-state index is -0.388. The molecule has 0 radical (unpaired) electrons. The van der Waals surface area contributed by atoms with Gasteiger partial charge in [-0.3, -0.25) is 4.79 Å². The maximum Gasteiger partial charge on any atom is 0.279 e. The molecule has 1 amide bonds. The summed E-state index contributed by atoms with van der Waals surface area (Å²) in [6.45, 7) is 7.25. The summed E-state index contributed by atoms with van der Waals surface area (Å²) >= 11 is 0. The molecular formula is C21H26FN3O3+2. The van der Waals surface area contributed by atoms with Crippen molar-refractivity contribution in [1.29, 1.82) is 0 Å². The van der Waals surface area contributed by atoms with Crippen LogP contribution >= 0.6 is 0 Å². The van der Waals surface area contributed by atoms with Gasteiger partial charge in [-0.2, -0.15) is 0 Å². The summed E-state index contributed by atoms with van der Waals surface area (Å²) in [5.74, 6) is 1.10. The Hall–Kier alpha value is -2.64. The van der Waals surface area contributed by atoms with E-state index in [2.05, 4.69) is 17.4 Å². The molecule has 1 saturated heterocycles. The van der Waals surface area contributed by atoms with Gasteiger partial charge in [0, 0.05) is 5.56 Å². The van der Waals surface area contributed by atoms with Crippen LogP contribution in [0.15, 0.2) is 36.4 Å². The summed E-state index contributed by atoms with van der Waals surface area (Å²) in [6, 6.07) is 10.9. The number of benzene rings is 2. The Kier molecular flexibility index (Phi) is 5.45. The van der Waals surface area contributed by atoms with E-state index in [4.69, 9.17) is 9.47 Å². The number of quaternary nitrogens is 2. The predicted octanol–water partition coefficient (Wildman–Crippen LogP) is -0.215. The van der Waals surface area contributed by atoms with E-state index in [0.717, 1.165) is 49.8 Å². The van der Waals surface area contributed by atoms with Crippen molar-refractivity contribution in [2.75, 3.05) is 44.8 Å². The number of piperazine rings is 1. The fourth-order valence-corrected chi connectivity index (χ4v) is 3.79. The SMILES string of the molecule is Cc1ccc(NC(=O)C[NH+]2CC[NH+](Cc3ccc4c(c3)OCO4)CC2)c(F)c1. The molecule has 0 saturated carbocycles.